The highest BCUT2D eigenvalue weighted by Crippen LogP contribution is 2.25. The number of anilines is 3. The van der Waals surface area contributed by atoms with Gasteiger partial charge >= 0.3 is 0 Å². The second-order valence-corrected chi connectivity index (χ2v) is 7.58. The Balaban J connectivity index is 1.17. The Morgan fingerprint density at radius 2 is 2.03 bits per heavy atom. The first-order chi connectivity index (χ1) is 14.6. The van der Waals surface area contributed by atoms with Crippen LogP contribution in [0, 0.1) is 5.82 Å². The normalized spacial score (nSPS) is 21.9. The van der Waals surface area contributed by atoms with Crippen LogP contribution in [0.4, 0.5) is 21.8 Å². The van der Waals surface area contributed by atoms with Gasteiger partial charge in [0.25, 0.3) is 5.91 Å². The monoisotopic (exact) mass is 411 g/mol. The van der Waals surface area contributed by atoms with Crippen LogP contribution in [-0.2, 0) is 9.53 Å². The lowest BCUT2D eigenvalue weighted by Crippen LogP contribution is -2.41. The van der Waals surface area contributed by atoms with Gasteiger partial charge in [0.1, 0.15) is 18.2 Å². The summed E-state index contributed by atoms with van der Waals surface area (Å²) < 4.78 is 20.0. The number of nitrogens with one attached hydrogen (secondary N) is 2. The second-order valence-electron chi connectivity index (χ2n) is 7.58. The largest absolute Gasteiger partial charge is 0.370 e. The molecule has 3 aromatic heterocycles. The van der Waals surface area contributed by atoms with Gasteiger partial charge in [0.2, 0.25) is 5.95 Å². The number of hydrogen-bond acceptors (Lipinski definition) is 7. The fraction of sp³-hybridized carbons (Fsp3) is 0.400. The zero-order chi connectivity index (χ0) is 20.5. The number of ether oxygens (including phenoxy) is 1. The summed E-state index contributed by atoms with van der Waals surface area (Å²) in [6, 6.07) is 7.03. The summed E-state index contributed by atoms with van der Waals surface area (Å²) in [6.07, 6.45) is 6.14. The van der Waals surface area contributed by atoms with Gasteiger partial charge in [0.15, 0.2) is 5.65 Å². The number of carbonyl (C=O) groups is 1. The molecule has 4 heterocycles. The predicted octanol–water partition coefficient (Wildman–Crippen LogP) is 2.07. The molecule has 1 aliphatic carbocycles. The van der Waals surface area contributed by atoms with Gasteiger partial charge < -0.3 is 20.3 Å². The fourth-order valence-corrected chi connectivity index (χ4v) is 3.98. The molecule has 2 atom stereocenters. The average Bonchev–Trinajstić information content (AvgIpc) is 3.35. The summed E-state index contributed by atoms with van der Waals surface area (Å²) >= 11 is 0. The summed E-state index contributed by atoms with van der Waals surface area (Å²) in [5, 5.41) is 11.1. The minimum atomic E-state index is -0.330. The number of fused-ring (bicyclic) bond motifs is 1. The van der Waals surface area contributed by atoms with E-state index >= 15 is 0 Å². The number of morpholine rings is 1. The van der Waals surface area contributed by atoms with Crippen molar-refractivity contribution in [2.45, 2.75) is 31.3 Å². The molecule has 9 nitrogen and oxygen atoms in total. The van der Waals surface area contributed by atoms with Crippen LogP contribution < -0.4 is 15.5 Å². The predicted molar refractivity (Wildman–Crippen MR) is 109 cm³/mol. The SMILES string of the molecule is O=C1COCCN1c1ccc(N[C@H]2CC[C@H](Nc3nc4cc(F)ccn4n3)C2)nc1. The first kappa shape index (κ1) is 18.7. The number of nitrogens with zero attached hydrogens (tertiary/aromatic N) is 5. The van der Waals surface area contributed by atoms with Crippen molar-refractivity contribution < 1.29 is 13.9 Å². The molecule has 1 saturated heterocycles. The maximum absolute atomic E-state index is 13.3. The third-order valence-corrected chi connectivity index (χ3v) is 5.46. The number of halogens is 1. The summed E-state index contributed by atoms with van der Waals surface area (Å²) in [5.74, 6) is 0.912. The topological polar surface area (TPSA) is 96.7 Å². The van der Waals surface area contributed by atoms with E-state index in [-0.39, 0.29) is 30.4 Å². The Morgan fingerprint density at radius 3 is 2.83 bits per heavy atom. The van der Waals surface area contributed by atoms with E-state index in [2.05, 4.69) is 25.7 Å². The molecule has 2 aliphatic rings. The van der Waals surface area contributed by atoms with Gasteiger partial charge in [-0.3, -0.25) is 4.79 Å². The molecule has 0 bridgehead atoms. The number of pyridine rings is 2. The van der Waals surface area contributed by atoms with Crippen LogP contribution in [0.1, 0.15) is 19.3 Å². The van der Waals surface area contributed by atoms with Gasteiger partial charge in [0.05, 0.1) is 18.5 Å². The molecule has 1 amide bonds. The molecule has 30 heavy (non-hydrogen) atoms. The molecule has 0 spiro atoms. The molecule has 1 saturated carbocycles. The van der Waals surface area contributed by atoms with Gasteiger partial charge in [-0.2, -0.15) is 4.98 Å². The summed E-state index contributed by atoms with van der Waals surface area (Å²) in [6.45, 7) is 1.21. The summed E-state index contributed by atoms with van der Waals surface area (Å²) in [7, 11) is 0. The molecule has 156 valence electrons. The lowest BCUT2D eigenvalue weighted by molar-refractivity contribution is -0.125. The third kappa shape index (κ3) is 3.90. The van der Waals surface area contributed by atoms with Crippen LogP contribution in [-0.4, -0.2) is 57.3 Å². The standard InChI is InChI=1S/C20H22FN7O2/c21-13-5-6-28-18(9-13)25-20(26-28)24-15-2-1-14(10-15)23-17-4-3-16(11-22-17)27-7-8-30-12-19(27)29/h3-6,9,11,14-15H,1-2,7-8,10,12H2,(H,22,23)(H,24,26)/t14-,15-/m0/s1. The molecule has 0 radical (unpaired) electrons. The number of aromatic nitrogens is 4. The molecule has 10 heteroatoms. The summed E-state index contributed by atoms with van der Waals surface area (Å²) in [5.41, 5.74) is 1.27. The van der Waals surface area contributed by atoms with Crippen molar-refractivity contribution in [3.05, 3.63) is 42.5 Å². The number of hydrogen-bond donors (Lipinski definition) is 2. The quantitative estimate of drug-likeness (QED) is 0.663. The first-order valence-corrected chi connectivity index (χ1v) is 10.0. The highest BCUT2D eigenvalue weighted by Gasteiger charge is 2.26. The van der Waals surface area contributed by atoms with Crippen LogP contribution in [0.3, 0.4) is 0 Å². The van der Waals surface area contributed by atoms with Gasteiger partial charge in [-0.05, 0) is 37.5 Å². The summed E-state index contributed by atoms with van der Waals surface area (Å²) in [4.78, 5) is 22.4. The van der Waals surface area contributed by atoms with Gasteiger partial charge in [0, 0.05) is 30.9 Å². The van der Waals surface area contributed by atoms with Crippen molar-refractivity contribution >= 4 is 29.0 Å². The molecule has 2 N–H and O–H groups in total. The van der Waals surface area contributed by atoms with E-state index in [1.165, 1.54) is 12.1 Å². The zero-order valence-corrected chi connectivity index (χ0v) is 16.3. The number of carbonyl (C=O) groups excluding carboxylic acids is 1. The Kier molecular flexibility index (Phi) is 4.91. The molecule has 1 aliphatic heterocycles. The van der Waals surface area contributed by atoms with E-state index in [0.29, 0.717) is 24.7 Å². The van der Waals surface area contributed by atoms with Gasteiger partial charge in [-0.1, -0.05) is 0 Å². The van der Waals surface area contributed by atoms with E-state index in [9.17, 15) is 9.18 Å². The lowest BCUT2D eigenvalue weighted by atomic mass is 10.2. The van der Waals surface area contributed by atoms with E-state index in [1.807, 2.05) is 12.1 Å². The zero-order valence-electron chi connectivity index (χ0n) is 16.3. The van der Waals surface area contributed by atoms with Crippen LogP contribution in [0.25, 0.3) is 5.65 Å². The highest BCUT2D eigenvalue weighted by molar-refractivity contribution is 5.94. The number of rotatable bonds is 5. The average molecular weight is 411 g/mol. The van der Waals surface area contributed by atoms with Crippen LogP contribution in [0.2, 0.25) is 0 Å². The van der Waals surface area contributed by atoms with E-state index in [1.54, 1.807) is 21.8 Å². The third-order valence-electron chi connectivity index (χ3n) is 5.46. The van der Waals surface area contributed by atoms with Crippen molar-refractivity contribution in [1.29, 1.82) is 0 Å². The van der Waals surface area contributed by atoms with Crippen LogP contribution >= 0.6 is 0 Å². The van der Waals surface area contributed by atoms with Crippen LogP contribution in [0.5, 0.6) is 0 Å². The first-order valence-electron chi connectivity index (χ1n) is 10.0. The molecular weight excluding hydrogens is 389 g/mol. The highest BCUT2D eigenvalue weighted by atomic mass is 19.1. The van der Waals surface area contributed by atoms with Crippen molar-refractivity contribution in [3.63, 3.8) is 0 Å². The van der Waals surface area contributed by atoms with Crippen LogP contribution in [0.15, 0.2) is 36.7 Å². The Hall–Kier alpha value is -3.27. The maximum Gasteiger partial charge on any atom is 0.253 e. The van der Waals surface area contributed by atoms with Gasteiger partial charge in [-0.15, -0.1) is 5.10 Å². The maximum atomic E-state index is 13.3. The van der Waals surface area contributed by atoms with Crippen molar-refractivity contribution in [2.75, 3.05) is 35.3 Å². The fourth-order valence-electron chi connectivity index (χ4n) is 3.98. The number of amides is 1. The lowest BCUT2D eigenvalue weighted by Gasteiger charge is -2.26. The van der Waals surface area contributed by atoms with Crippen molar-refractivity contribution in [3.8, 4) is 0 Å². The molecule has 0 unspecified atom stereocenters. The van der Waals surface area contributed by atoms with E-state index < -0.39 is 0 Å². The smallest absolute Gasteiger partial charge is 0.253 e. The molecular formula is C20H22FN7O2. The van der Waals surface area contributed by atoms with Gasteiger partial charge in [-0.25, -0.2) is 13.9 Å². The molecule has 0 aromatic carbocycles. The minimum Gasteiger partial charge on any atom is -0.370 e. The molecule has 3 aromatic rings. The van der Waals surface area contributed by atoms with Crippen molar-refractivity contribution in [2.24, 2.45) is 0 Å². The molecule has 2 fully saturated rings. The Bertz CT molecular complexity index is 1050. The van der Waals surface area contributed by atoms with Crippen molar-refractivity contribution in [1.82, 2.24) is 19.6 Å². The Morgan fingerprint density at radius 1 is 1.17 bits per heavy atom. The van der Waals surface area contributed by atoms with E-state index in [0.717, 1.165) is 30.8 Å². The van der Waals surface area contributed by atoms with E-state index in [4.69, 9.17) is 4.74 Å². The minimum absolute atomic E-state index is 0.0447. The Labute approximate surface area is 172 Å². The molecule has 5 rings (SSSR count). The second kappa shape index (κ2) is 7.86.